The predicted molar refractivity (Wildman–Crippen MR) is 130 cm³/mol. The summed E-state index contributed by atoms with van der Waals surface area (Å²) in [6.45, 7) is 16.0. The van der Waals surface area contributed by atoms with Gasteiger partial charge in [0, 0.05) is 31.1 Å². The average molecular weight is 443 g/mol. The van der Waals surface area contributed by atoms with Gasteiger partial charge in [0.1, 0.15) is 12.1 Å². The highest BCUT2D eigenvalue weighted by Crippen LogP contribution is 2.24. The van der Waals surface area contributed by atoms with Crippen molar-refractivity contribution in [1.82, 2.24) is 10.2 Å². The minimum absolute atomic E-state index is 0.0384. The molecule has 0 saturated carbocycles. The van der Waals surface area contributed by atoms with E-state index in [0.717, 1.165) is 18.8 Å². The summed E-state index contributed by atoms with van der Waals surface area (Å²) >= 11 is 0. The van der Waals surface area contributed by atoms with E-state index >= 15 is 0 Å². The lowest BCUT2D eigenvalue weighted by molar-refractivity contribution is 0.112. The fraction of sp³-hybridized carbons (Fsp3) is 0.360. The van der Waals surface area contributed by atoms with Crippen LogP contribution in [-0.4, -0.2) is 37.6 Å². The van der Waals surface area contributed by atoms with Crippen LogP contribution in [-0.2, 0) is 6.42 Å². The van der Waals surface area contributed by atoms with Crippen LogP contribution in [0.2, 0.25) is 0 Å². The second-order valence-electron chi connectivity index (χ2n) is 7.66. The standard InChI is InChI=1S/C25H35FN4O2/c1-7-23(16-30(8-2)15-18(3)4)29-19(5)28-14-20(13-27)9-10-22-11-21(17-31)12-24(32-6)25(22)26/h7,11-14,16-18,29H,1,5,8-10,15,27H2,2-4,6H3/b20-13-,23-16+,28-14-. The van der Waals surface area contributed by atoms with Crippen molar-refractivity contribution in [2.24, 2.45) is 16.6 Å². The third-order valence-corrected chi connectivity index (χ3v) is 4.61. The van der Waals surface area contributed by atoms with Crippen LogP contribution in [0.3, 0.4) is 0 Å². The molecule has 1 aromatic rings. The zero-order valence-corrected chi connectivity index (χ0v) is 19.5. The van der Waals surface area contributed by atoms with Gasteiger partial charge < -0.3 is 20.7 Å². The van der Waals surface area contributed by atoms with Crippen molar-refractivity contribution in [3.63, 3.8) is 0 Å². The van der Waals surface area contributed by atoms with Gasteiger partial charge in [-0.25, -0.2) is 9.38 Å². The van der Waals surface area contributed by atoms with E-state index in [1.807, 2.05) is 6.20 Å². The molecule has 0 amide bonds. The van der Waals surface area contributed by atoms with Crippen molar-refractivity contribution in [1.29, 1.82) is 0 Å². The summed E-state index contributed by atoms with van der Waals surface area (Å²) in [5.41, 5.74) is 7.92. The number of ether oxygens (including phenoxy) is 1. The van der Waals surface area contributed by atoms with E-state index in [4.69, 9.17) is 10.5 Å². The van der Waals surface area contributed by atoms with Crippen molar-refractivity contribution in [3.05, 3.63) is 77.8 Å². The monoisotopic (exact) mass is 442 g/mol. The number of aldehydes is 1. The first-order chi connectivity index (χ1) is 15.3. The van der Waals surface area contributed by atoms with Crippen LogP contribution in [0.1, 0.15) is 43.1 Å². The van der Waals surface area contributed by atoms with Gasteiger partial charge in [0.15, 0.2) is 11.6 Å². The Kier molecular flexibility index (Phi) is 11.6. The summed E-state index contributed by atoms with van der Waals surface area (Å²) in [7, 11) is 1.36. The molecular formula is C25H35FN4O2. The molecule has 0 radical (unpaired) electrons. The lowest BCUT2D eigenvalue weighted by atomic mass is 10.0. The Morgan fingerprint density at radius 2 is 2.12 bits per heavy atom. The molecule has 32 heavy (non-hydrogen) atoms. The van der Waals surface area contributed by atoms with Gasteiger partial charge in [0.2, 0.25) is 0 Å². The quantitative estimate of drug-likeness (QED) is 0.251. The van der Waals surface area contributed by atoms with Gasteiger partial charge in [0.05, 0.1) is 12.8 Å². The SMILES string of the molecule is C=C/C(=C\N(CC)CC(C)C)NC(=C)/N=C\C(=C/N)CCc1cc(C=O)cc(OC)c1F. The van der Waals surface area contributed by atoms with Crippen molar-refractivity contribution < 1.29 is 13.9 Å². The number of hydrogen-bond donors (Lipinski definition) is 2. The summed E-state index contributed by atoms with van der Waals surface area (Å²) in [4.78, 5) is 17.6. The van der Waals surface area contributed by atoms with Crippen LogP contribution in [0, 0.1) is 11.7 Å². The molecule has 0 bridgehead atoms. The molecule has 0 aliphatic heterocycles. The van der Waals surface area contributed by atoms with E-state index in [-0.39, 0.29) is 5.75 Å². The number of nitrogens with zero attached hydrogens (tertiary/aromatic N) is 2. The number of aliphatic imine (C=N–C) groups is 1. The number of halogens is 1. The average Bonchev–Trinajstić information content (AvgIpc) is 2.78. The summed E-state index contributed by atoms with van der Waals surface area (Å²) in [6.07, 6.45) is 8.12. The lowest BCUT2D eigenvalue weighted by Crippen LogP contribution is -2.24. The maximum absolute atomic E-state index is 14.5. The summed E-state index contributed by atoms with van der Waals surface area (Å²) < 4.78 is 19.5. The Morgan fingerprint density at radius 1 is 1.41 bits per heavy atom. The van der Waals surface area contributed by atoms with Crippen molar-refractivity contribution in [2.45, 2.75) is 33.6 Å². The number of nitrogens with two attached hydrogens (primary N) is 1. The van der Waals surface area contributed by atoms with Crippen LogP contribution in [0.15, 0.2) is 65.9 Å². The molecule has 1 aromatic carbocycles. The Hall–Kier alpha value is -3.35. The molecule has 0 fully saturated rings. The second-order valence-corrected chi connectivity index (χ2v) is 7.66. The number of benzene rings is 1. The molecule has 0 aromatic heterocycles. The maximum atomic E-state index is 14.5. The van der Waals surface area contributed by atoms with E-state index < -0.39 is 5.82 Å². The van der Waals surface area contributed by atoms with Gasteiger partial charge in [-0.05, 0) is 61.2 Å². The molecule has 0 aliphatic rings. The van der Waals surface area contributed by atoms with Crippen molar-refractivity contribution in [2.75, 3.05) is 20.2 Å². The fourth-order valence-corrected chi connectivity index (χ4v) is 2.98. The Morgan fingerprint density at radius 3 is 2.66 bits per heavy atom. The number of carbonyl (C=O) groups excluding carboxylic acids is 1. The third-order valence-electron chi connectivity index (χ3n) is 4.61. The maximum Gasteiger partial charge on any atom is 0.168 e. The second kappa shape index (κ2) is 13.9. The van der Waals surface area contributed by atoms with Gasteiger partial charge >= 0.3 is 0 Å². The van der Waals surface area contributed by atoms with Crippen LogP contribution in [0.5, 0.6) is 5.75 Å². The highest BCUT2D eigenvalue weighted by Gasteiger charge is 2.12. The van der Waals surface area contributed by atoms with Gasteiger partial charge in [0.25, 0.3) is 0 Å². The highest BCUT2D eigenvalue weighted by atomic mass is 19.1. The van der Waals surface area contributed by atoms with Crippen molar-refractivity contribution in [3.8, 4) is 5.75 Å². The number of methoxy groups -OCH3 is 1. The first kappa shape index (κ1) is 26.7. The van der Waals surface area contributed by atoms with E-state index in [9.17, 15) is 9.18 Å². The molecule has 0 saturated heterocycles. The first-order valence-corrected chi connectivity index (χ1v) is 10.6. The highest BCUT2D eigenvalue weighted by molar-refractivity contribution is 5.79. The molecule has 6 nitrogen and oxygen atoms in total. The van der Waals surface area contributed by atoms with Gasteiger partial charge in [-0.3, -0.25) is 4.79 Å². The summed E-state index contributed by atoms with van der Waals surface area (Å²) in [6, 6.07) is 2.88. The van der Waals surface area contributed by atoms with Crippen LogP contribution in [0.25, 0.3) is 0 Å². The zero-order valence-electron chi connectivity index (χ0n) is 19.5. The van der Waals surface area contributed by atoms with Gasteiger partial charge in [-0.1, -0.05) is 27.0 Å². The number of nitrogens with one attached hydrogen (secondary N) is 1. The molecule has 0 unspecified atom stereocenters. The molecule has 0 spiro atoms. The van der Waals surface area contributed by atoms with E-state index in [1.165, 1.54) is 25.4 Å². The normalized spacial score (nSPS) is 12.2. The minimum Gasteiger partial charge on any atom is -0.494 e. The number of rotatable bonds is 14. The topological polar surface area (TPSA) is 80.0 Å². The first-order valence-electron chi connectivity index (χ1n) is 10.6. The molecule has 0 heterocycles. The van der Waals surface area contributed by atoms with E-state index in [2.05, 4.69) is 49.1 Å². The Labute approximate surface area is 191 Å². The Balaban J connectivity index is 2.81. The van der Waals surface area contributed by atoms with E-state index in [0.29, 0.717) is 47.6 Å². The van der Waals surface area contributed by atoms with Crippen molar-refractivity contribution >= 4 is 12.5 Å². The molecular weight excluding hydrogens is 407 g/mol. The molecule has 174 valence electrons. The van der Waals surface area contributed by atoms with Crippen LogP contribution in [0.4, 0.5) is 4.39 Å². The molecule has 3 N–H and O–H groups in total. The zero-order chi connectivity index (χ0) is 24.1. The molecule has 0 aliphatic carbocycles. The molecule has 7 heteroatoms. The third kappa shape index (κ3) is 8.79. The summed E-state index contributed by atoms with van der Waals surface area (Å²) in [5, 5.41) is 3.12. The summed E-state index contributed by atoms with van der Waals surface area (Å²) in [5.74, 6) is 0.510. The fourth-order valence-electron chi connectivity index (χ4n) is 2.98. The van der Waals surface area contributed by atoms with E-state index in [1.54, 1.807) is 12.3 Å². The lowest BCUT2D eigenvalue weighted by Gasteiger charge is -2.22. The number of carbonyl (C=O) groups is 1. The minimum atomic E-state index is -0.486. The van der Waals surface area contributed by atoms with Crippen LogP contribution >= 0.6 is 0 Å². The largest absolute Gasteiger partial charge is 0.494 e. The smallest absolute Gasteiger partial charge is 0.168 e. The number of aryl methyl sites for hydroxylation is 1. The predicted octanol–water partition coefficient (Wildman–Crippen LogP) is 4.56. The number of allylic oxidation sites excluding steroid dienone is 2. The Bertz CT molecular complexity index is 888. The van der Waals surface area contributed by atoms with Gasteiger partial charge in [-0.15, -0.1) is 0 Å². The van der Waals surface area contributed by atoms with Gasteiger partial charge in [-0.2, -0.15) is 0 Å². The molecule has 0 atom stereocenters. The van der Waals surface area contributed by atoms with Crippen LogP contribution < -0.4 is 15.8 Å². The molecule has 1 rings (SSSR count). The number of hydrogen-bond acceptors (Lipinski definition) is 6.